The molecule has 106 valence electrons. The number of aliphatic carboxylic acids is 1. The number of carboxylic acids is 1. The monoisotopic (exact) mass is 267 g/mol. The van der Waals surface area contributed by atoms with Crippen molar-refractivity contribution < 1.29 is 19.4 Å². The van der Waals surface area contributed by atoms with Crippen molar-refractivity contribution in [3.05, 3.63) is 24.5 Å². The number of carbonyl (C=O) groups is 1. The van der Waals surface area contributed by atoms with Gasteiger partial charge in [-0.25, -0.2) is 4.79 Å². The molecule has 2 aliphatic rings. The smallest absolute Gasteiger partial charge is 0.333 e. The number of hydrogen-bond acceptors (Lipinski definition) is 4. The van der Waals surface area contributed by atoms with Gasteiger partial charge in [0.15, 0.2) is 6.10 Å². The number of likely N-dealkylation sites (tertiary alicyclic amines) is 1. The molecule has 1 N–H and O–H groups in total. The number of allylic oxidation sites excluding steroid dienone is 2. The molecule has 1 saturated heterocycles. The second kappa shape index (κ2) is 7.31. The molecule has 2 heterocycles. The fourth-order valence-electron chi connectivity index (χ4n) is 2.34. The maximum absolute atomic E-state index is 11.2. The Bertz CT molecular complexity index is 347. The predicted octanol–water partition coefficient (Wildman–Crippen LogP) is 1.76. The van der Waals surface area contributed by atoms with E-state index in [1.807, 2.05) is 0 Å². The Labute approximate surface area is 113 Å². The van der Waals surface area contributed by atoms with E-state index in [0.717, 1.165) is 19.6 Å². The van der Waals surface area contributed by atoms with E-state index in [1.165, 1.54) is 25.5 Å². The van der Waals surface area contributed by atoms with E-state index in [0.29, 0.717) is 6.42 Å². The summed E-state index contributed by atoms with van der Waals surface area (Å²) in [6.45, 7) is 2.90. The summed E-state index contributed by atoms with van der Waals surface area (Å²) < 4.78 is 10.6. The first-order valence-corrected chi connectivity index (χ1v) is 6.85. The van der Waals surface area contributed by atoms with Crippen molar-refractivity contribution in [3.8, 4) is 0 Å². The fourth-order valence-corrected chi connectivity index (χ4v) is 2.34. The van der Waals surface area contributed by atoms with Crippen molar-refractivity contribution in [2.24, 2.45) is 0 Å². The van der Waals surface area contributed by atoms with Crippen LogP contribution in [0, 0.1) is 0 Å². The summed E-state index contributed by atoms with van der Waals surface area (Å²) in [6, 6.07) is 0. The largest absolute Gasteiger partial charge is 0.479 e. The van der Waals surface area contributed by atoms with Crippen LogP contribution in [0.15, 0.2) is 24.5 Å². The summed E-state index contributed by atoms with van der Waals surface area (Å²) in [4.78, 5) is 13.5. The lowest BCUT2D eigenvalue weighted by Gasteiger charge is -2.28. The van der Waals surface area contributed by atoms with Gasteiger partial charge in [-0.05, 0) is 44.5 Å². The third-order valence-electron chi connectivity index (χ3n) is 3.40. The maximum Gasteiger partial charge on any atom is 0.333 e. The number of hydrogen-bond donors (Lipinski definition) is 1. The van der Waals surface area contributed by atoms with Crippen LogP contribution in [0.4, 0.5) is 0 Å². The zero-order valence-corrected chi connectivity index (χ0v) is 11.0. The normalized spacial score (nSPS) is 24.9. The molecule has 0 aromatic carbocycles. The summed E-state index contributed by atoms with van der Waals surface area (Å²) in [6.07, 6.45) is 9.52. The number of carboxylic acid groups (broad SMARTS) is 1. The molecule has 2 rings (SSSR count). The molecule has 0 aromatic heterocycles. The summed E-state index contributed by atoms with van der Waals surface area (Å²) in [5, 5.41) is 9.19. The molecule has 0 radical (unpaired) electrons. The average molecular weight is 267 g/mol. The van der Waals surface area contributed by atoms with Gasteiger partial charge in [-0.2, -0.15) is 0 Å². The van der Waals surface area contributed by atoms with Crippen molar-refractivity contribution in [1.29, 1.82) is 0 Å². The lowest BCUT2D eigenvalue weighted by molar-refractivity contribution is -0.168. The highest BCUT2D eigenvalue weighted by atomic mass is 16.7. The van der Waals surface area contributed by atoms with E-state index in [4.69, 9.17) is 9.47 Å². The Morgan fingerprint density at radius 1 is 1.37 bits per heavy atom. The molecule has 5 heteroatoms. The molecule has 0 bridgehead atoms. The van der Waals surface area contributed by atoms with Crippen LogP contribution in [-0.2, 0) is 14.3 Å². The van der Waals surface area contributed by atoms with Crippen molar-refractivity contribution in [3.63, 3.8) is 0 Å². The van der Waals surface area contributed by atoms with Crippen LogP contribution in [0.2, 0.25) is 0 Å². The van der Waals surface area contributed by atoms with E-state index in [2.05, 4.69) is 4.90 Å². The van der Waals surface area contributed by atoms with Gasteiger partial charge >= 0.3 is 5.97 Å². The standard InChI is InChI=1S/C14H21NO4/c16-14(17)12(19-13-6-2-5-11-18-13)7-10-15-8-3-1-4-9-15/h2,5-6,11-13H,1,3-4,7-10H2,(H,16,17). The zero-order valence-electron chi connectivity index (χ0n) is 11.0. The Morgan fingerprint density at radius 2 is 2.16 bits per heavy atom. The Hall–Kier alpha value is -1.33. The molecule has 0 saturated carbocycles. The van der Waals surface area contributed by atoms with E-state index in [9.17, 15) is 9.90 Å². The number of piperidine rings is 1. The van der Waals surface area contributed by atoms with Crippen molar-refractivity contribution >= 4 is 5.97 Å². The molecule has 0 aromatic rings. The summed E-state index contributed by atoms with van der Waals surface area (Å²) in [5.41, 5.74) is 0. The second-order valence-electron chi connectivity index (χ2n) is 4.87. The van der Waals surface area contributed by atoms with Gasteiger partial charge in [0.2, 0.25) is 6.29 Å². The zero-order chi connectivity index (χ0) is 13.5. The van der Waals surface area contributed by atoms with Gasteiger partial charge < -0.3 is 19.5 Å². The quantitative estimate of drug-likeness (QED) is 0.794. The fraction of sp³-hybridized carbons (Fsp3) is 0.643. The SMILES string of the molecule is O=C(O)C(CCN1CCCCC1)OC1C=CC=CO1. The highest BCUT2D eigenvalue weighted by Crippen LogP contribution is 2.13. The minimum Gasteiger partial charge on any atom is -0.479 e. The first-order chi connectivity index (χ1) is 9.25. The molecular formula is C14H21NO4. The third-order valence-corrected chi connectivity index (χ3v) is 3.40. The van der Waals surface area contributed by atoms with Gasteiger partial charge in [-0.3, -0.25) is 0 Å². The number of rotatable bonds is 6. The lowest BCUT2D eigenvalue weighted by atomic mass is 10.1. The van der Waals surface area contributed by atoms with E-state index in [1.54, 1.807) is 18.2 Å². The molecule has 0 aliphatic carbocycles. The van der Waals surface area contributed by atoms with Crippen molar-refractivity contribution in [2.45, 2.75) is 38.1 Å². The van der Waals surface area contributed by atoms with Crippen molar-refractivity contribution in [2.75, 3.05) is 19.6 Å². The van der Waals surface area contributed by atoms with Gasteiger partial charge in [0.1, 0.15) is 0 Å². The molecule has 19 heavy (non-hydrogen) atoms. The average Bonchev–Trinajstić information content (AvgIpc) is 2.45. The lowest BCUT2D eigenvalue weighted by Crippen LogP contribution is -2.36. The van der Waals surface area contributed by atoms with Crippen LogP contribution in [-0.4, -0.2) is 48.0 Å². The molecule has 5 nitrogen and oxygen atoms in total. The minimum absolute atomic E-state index is 0.493. The topological polar surface area (TPSA) is 59.0 Å². The van der Waals surface area contributed by atoms with Gasteiger partial charge in [0.25, 0.3) is 0 Å². The van der Waals surface area contributed by atoms with Crippen LogP contribution in [0.1, 0.15) is 25.7 Å². The van der Waals surface area contributed by atoms with E-state index < -0.39 is 18.4 Å². The van der Waals surface area contributed by atoms with Crippen molar-refractivity contribution in [1.82, 2.24) is 4.90 Å². The highest BCUT2D eigenvalue weighted by molar-refractivity contribution is 5.72. The van der Waals surface area contributed by atoms with Gasteiger partial charge in [0, 0.05) is 6.54 Å². The highest BCUT2D eigenvalue weighted by Gasteiger charge is 2.24. The first kappa shape index (κ1) is 14.1. The predicted molar refractivity (Wildman–Crippen MR) is 70.6 cm³/mol. The second-order valence-corrected chi connectivity index (χ2v) is 4.87. The maximum atomic E-state index is 11.2. The summed E-state index contributed by atoms with van der Waals surface area (Å²) >= 11 is 0. The summed E-state index contributed by atoms with van der Waals surface area (Å²) in [7, 11) is 0. The van der Waals surface area contributed by atoms with Crippen LogP contribution >= 0.6 is 0 Å². The molecule has 0 amide bonds. The van der Waals surface area contributed by atoms with Gasteiger partial charge in [-0.15, -0.1) is 0 Å². The molecule has 2 atom stereocenters. The van der Waals surface area contributed by atoms with Crippen LogP contribution in [0.5, 0.6) is 0 Å². The molecule has 2 unspecified atom stereocenters. The first-order valence-electron chi connectivity index (χ1n) is 6.85. The van der Waals surface area contributed by atoms with Crippen LogP contribution < -0.4 is 0 Å². The third kappa shape index (κ3) is 4.69. The Balaban J connectivity index is 1.77. The van der Waals surface area contributed by atoms with Crippen LogP contribution in [0.3, 0.4) is 0 Å². The number of ether oxygens (including phenoxy) is 2. The Morgan fingerprint density at radius 3 is 2.79 bits per heavy atom. The minimum atomic E-state index is -0.927. The van der Waals surface area contributed by atoms with Gasteiger partial charge in [-0.1, -0.05) is 12.5 Å². The molecule has 0 spiro atoms. The molecule has 2 aliphatic heterocycles. The van der Waals surface area contributed by atoms with Gasteiger partial charge in [0.05, 0.1) is 6.26 Å². The molecular weight excluding hydrogens is 246 g/mol. The number of nitrogens with zero attached hydrogens (tertiary/aromatic N) is 1. The summed E-state index contributed by atoms with van der Waals surface area (Å²) in [5.74, 6) is -0.927. The Kier molecular flexibility index (Phi) is 5.42. The molecule has 1 fully saturated rings. The van der Waals surface area contributed by atoms with E-state index >= 15 is 0 Å². The van der Waals surface area contributed by atoms with E-state index in [-0.39, 0.29) is 0 Å². The van der Waals surface area contributed by atoms with Crippen LogP contribution in [0.25, 0.3) is 0 Å².